The van der Waals surface area contributed by atoms with E-state index in [2.05, 4.69) is 0 Å². The molecular weight excluding hydrogens is 710 g/mol. The molecule has 228 valence electrons. The van der Waals surface area contributed by atoms with Crippen LogP contribution in [-0.2, 0) is 15.8 Å². The normalized spacial score (nSPS) is 13.6. The number of methoxy groups -OCH3 is 1. The number of para-hydroxylation sites is 2. The minimum atomic E-state index is -4.81. The first kappa shape index (κ1) is 31.2. The van der Waals surface area contributed by atoms with Gasteiger partial charge in [0.25, 0.3) is 11.8 Å². The van der Waals surface area contributed by atoms with E-state index in [1.54, 1.807) is 60.7 Å². The van der Waals surface area contributed by atoms with E-state index in [0.29, 0.717) is 12.1 Å². The van der Waals surface area contributed by atoms with E-state index in [9.17, 15) is 37.7 Å². The van der Waals surface area contributed by atoms with Gasteiger partial charge in [0.1, 0.15) is 5.57 Å². The summed E-state index contributed by atoms with van der Waals surface area (Å²) in [5.74, 6) is -2.29. The summed E-state index contributed by atoms with van der Waals surface area (Å²) < 4.78 is 50.9. The number of hydrogen-bond donors (Lipinski definition) is 0. The van der Waals surface area contributed by atoms with Gasteiger partial charge in [-0.1, -0.05) is 36.4 Å². The van der Waals surface area contributed by atoms with Gasteiger partial charge in [-0.15, -0.1) is 0 Å². The topological polar surface area (TPSA) is 119 Å². The molecule has 1 aliphatic heterocycles. The van der Waals surface area contributed by atoms with Crippen LogP contribution >= 0.6 is 22.6 Å². The quantitative estimate of drug-likeness (QED) is 0.0632. The van der Waals surface area contributed by atoms with Crippen LogP contribution in [0.5, 0.6) is 17.2 Å². The van der Waals surface area contributed by atoms with E-state index in [1.165, 1.54) is 25.3 Å². The van der Waals surface area contributed by atoms with Crippen LogP contribution in [0.25, 0.3) is 6.08 Å². The lowest BCUT2D eigenvalue weighted by Gasteiger charge is -2.34. The van der Waals surface area contributed by atoms with Gasteiger partial charge in [0.05, 0.1) is 32.5 Å². The number of imide groups is 2. The van der Waals surface area contributed by atoms with Crippen molar-refractivity contribution in [1.82, 2.24) is 0 Å². The maximum Gasteiger partial charge on any atom is 0.416 e. The van der Waals surface area contributed by atoms with Gasteiger partial charge in [-0.05, 0) is 82.8 Å². The lowest BCUT2D eigenvalue weighted by atomic mass is 10.0. The predicted octanol–water partition coefficient (Wildman–Crippen LogP) is 7.60. The highest BCUT2D eigenvalue weighted by molar-refractivity contribution is 14.1. The summed E-state index contributed by atoms with van der Waals surface area (Å²) in [6.07, 6.45) is -3.55. The summed E-state index contributed by atoms with van der Waals surface area (Å²) in [7, 11) is 1.26. The molecule has 0 saturated carbocycles. The summed E-state index contributed by atoms with van der Waals surface area (Å²) in [6, 6.07) is 20.0. The third-order valence-electron chi connectivity index (χ3n) is 6.54. The molecule has 4 aromatic carbocycles. The van der Waals surface area contributed by atoms with Crippen molar-refractivity contribution < 1.29 is 42.0 Å². The minimum absolute atomic E-state index is 0.00504. The fourth-order valence-corrected chi connectivity index (χ4v) is 5.20. The molecule has 4 aromatic rings. The third kappa shape index (κ3) is 6.22. The molecule has 0 aromatic heterocycles. The molecule has 0 unspecified atom stereocenters. The molecule has 0 bridgehead atoms. The number of ether oxygens (including phenoxy) is 2. The van der Waals surface area contributed by atoms with Crippen molar-refractivity contribution in [3.05, 3.63) is 121 Å². The van der Waals surface area contributed by atoms with E-state index >= 15 is 0 Å². The fraction of sp³-hybridized carbons (Fsp3) is 0.0645. The summed E-state index contributed by atoms with van der Waals surface area (Å²) >= 11 is 1.82. The van der Waals surface area contributed by atoms with E-state index in [1.807, 2.05) is 22.6 Å². The van der Waals surface area contributed by atoms with Gasteiger partial charge in [-0.25, -0.2) is 14.6 Å². The average Bonchev–Trinajstić information content (AvgIpc) is 3.01. The molecular formula is C31H19F3IN3O7. The second-order valence-electron chi connectivity index (χ2n) is 9.37. The van der Waals surface area contributed by atoms with Crippen LogP contribution in [0.15, 0.2) is 96.6 Å². The van der Waals surface area contributed by atoms with Gasteiger partial charge in [-0.3, -0.25) is 19.7 Å². The first-order chi connectivity index (χ1) is 21.4. The van der Waals surface area contributed by atoms with E-state index in [-0.39, 0.29) is 37.6 Å². The van der Waals surface area contributed by atoms with Crippen molar-refractivity contribution in [2.24, 2.45) is 0 Å². The second-order valence-corrected chi connectivity index (χ2v) is 10.5. The fourth-order valence-electron chi connectivity index (χ4n) is 4.46. The van der Waals surface area contributed by atoms with Crippen molar-refractivity contribution in [3.8, 4) is 17.2 Å². The molecule has 1 fully saturated rings. The van der Waals surface area contributed by atoms with Gasteiger partial charge in [-0.2, -0.15) is 13.2 Å². The molecule has 0 spiro atoms. The molecule has 1 heterocycles. The highest BCUT2D eigenvalue weighted by atomic mass is 127. The number of amides is 4. The number of benzene rings is 4. The van der Waals surface area contributed by atoms with Gasteiger partial charge < -0.3 is 9.47 Å². The maximum absolute atomic E-state index is 13.7. The maximum atomic E-state index is 13.7. The molecule has 0 radical (unpaired) electrons. The number of barbiturate groups is 1. The smallest absolute Gasteiger partial charge is 0.416 e. The summed E-state index contributed by atoms with van der Waals surface area (Å²) in [5, 5.41) is 11.6. The van der Waals surface area contributed by atoms with Gasteiger partial charge in [0, 0.05) is 6.07 Å². The Morgan fingerprint density at radius 2 is 1.38 bits per heavy atom. The second kappa shape index (κ2) is 12.4. The molecule has 4 amide bonds. The van der Waals surface area contributed by atoms with Crippen LogP contribution in [0, 0.1) is 13.7 Å². The molecule has 5 rings (SSSR count). The summed E-state index contributed by atoms with van der Waals surface area (Å²) in [4.78, 5) is 53.2. The van der Waals surface area contributed by atoms with E-state index in [4.69, 9.17) is 9.47 Å². The van der Waals surface area contributed by atoms with Crippen LogP contribution in [0.2, 0.25) is 0 Å². The van der Waals surface area contributed by atoms with Crippen LogP contribution in [0.1, 0.15) is 11.1 Å². The highest BCUT2D eigenvalue weighted by Gasteiger charge is 2.43. The molecule has 0 N–H and O–H groups in total. The van der Waals surface area contributed by atoms with E-state index in [0.717, 1.165) is 15.9 Å². The molecule has 0 atom stereocenters. The Balaban J connectivity index is 1.58. The van der Waals surface area contributed by atoms with Crippen molar-refractivity contribution in [3.63, 3.8) is 0 Å². The molecule has 14 heteroatoms. The number of urea groups is 1. The Labute approximate surface area is 266 Å². The van der Waals surface area contributed by atoms with Crippen molar-refractivity contribution in [2.45, 2.75) is 6.18 Å². The number of alkyl halides is 3. The van der Waals surface area contributed by atoms with Gasteiger partial charge >= 0.3 is 17.9 Å². The Bertz CT molecular complexity index is 1800. The number of halogens is 4. The Kier molecular flexibility index (Phi) is 8.59. The molecule has 45 heavy (non-hydrogen) atoms. The minimum Gasteiger partial charge on any atom is -0.493 e. The lowest BCUT2D eigenvalue weighted by Crippen LogP contribution is -2.57. The van der Waals surface area contributed by atoms with E-state index < -0.39 is 45.9 Å². The first-order valence-corrected chi connectivity index (χ1v) is 13.9. The number of hydrogen-bond acceptors (Lipinski definition) is 7. The van der Waals surface area contributed by atoms with Crippen molar-refractivity contribution in [1.29, 1.82) is 0 Å². The number of nitro groups is 1. The zero-order valence-corrected chi connectivity index (χ0v) is 25.1. The summed E-state index contributed by atoms with van der Waals surface area (Å²) in [5.41, 5.74) is -1.76. The number of carbonyl (C=O) groups is 3. The SMILES string of the molecule is COc1cc(C=C2C(=O)N(c3ccccc3)C(=O)N(c3ccccc3)C2=O)cc(I)c1Oc1ccc(C(F)(F)F)cc1[N+](=O)[O-]. The number of nitro benzene ring substituents is 1. The number of anilines is 2. The van der Waals surface area contributed by atoms with Gasteiger partial charge in [0.2, 0.25) is 5.75 Å². The lowest BCUT2D eigenvalue weighted by molar-refractivity contribution is -0.385. The van der Waals surface area contributed by atoms with Crippen molar-refractivity contribution in [2.75, 3.05) is 16.9 Å². The standard InChI is InChI=1S/C31H19F3IN3O7/c1-44-26-16-18(15-23(35)27(26)45-25-13-12-19(31(32,33)34)17-24(25)38(42)43)14-22-28(39)36(20-8-4-2-5-9-20)30(41)37(29(22)40)21-10-6-3-7-11-21/h2-17H,1H3. The van der Waals surface area contributed by atoms with Crippen LogP contribution in [0.3, 0.4) is 0 Å². The molecule has 0 aliphatic carbocycles. The highest BCUT2D eigenvalue weighted by Crippen LogP contribution is 2.43. The van der Waals surface area contributed by atoms with Crippen LogP contribution in [-0.4, -0.2) is 29.9 Å². The monoisotopic (exact) mass is 729 g/mol. The predicted molar refractivity (Wildman–Crippen MR) is 165 cm³/mol. The Morgan fingerprint density at radius 3 is 1.87 bits per heavy atom. The zero-order valence-electron chi connectivity index (χ0n) is 22.9. The van der Waals surface area contributed by atoms with Crippen LogP contribution < -0.4 is 19.3 Å². The van der Waals surface area contributed by atoms with Gasteiger partial charge in [0.15, 0.2) is 11.5 Å². The average molecular weight is 729 g/mol. The zero-order chi connectivity index (χ0) is 32.5. The number of nitrogens with zero attached hydrogens (tertiary/aromatic N) is 3. The number of carbonyl (C=O) groups excluding carboxylic acids is 3. The molecule has 10 nitrogen and oxygen atoms in total. The Morgan fingerprint density at radius 1 is 0.822 bits per heavy atom. The molecule has 1 aliphatic rings. The van der Waals surface area contributed by atoms with Crippen molar-refractivity contribution >= 4 is 63.6 Å². The summed E-state index contributed by atoms with van der Waals surface area (Å²) in [6.45, 7) is 0. The Hall–Kier alpha value is -5.25. The largest absolute Gasteiger partial charge is 0.493 e. The molecule has 1 saturated heterocycles. The third-order valence-corrected chi connectivity index (χ3v) is 7.34. The van der Waals surface area contributed by atoms with Crippen LogP contribution in [0.4, 0.5) is 35.0 Å². The number of rotatable bonds is 7. The first-order valence-electron chi connectivity index (χ1n) is 12.9.